The first kappa shape index (κ1) is 18.7. The zero-order valence-electron chi connectivity index (χ0n) is 15.8. The van der Waals surface area contributed by atoms with Crippen molar-refractivity contribution in [1.82, 2.24) is 9.97 Å². The van der Waals surface area contributed by atoms with E-state index in [0.29, 0.717) is 24.3 Å². The summed E-state index contributed by atoms with van der Waals surface area (Å²) >= 11 is 0. The van der Waals surface area contributed by atoms with E-state index >= 15 is 0 Å². The molecule has 2 aromatic carbocycles. The van der Waals surface area contributed by atoms with Gasteiger partial charge in [0.1, 0.15) is 12.4 Å². The third-order valence-corrected chi connectivity index (χ3v) is 4.84. The lowest BCUT2D eigenvalue weighted by molar-refractivity contribution is 0.100. The van der Waals surface area contributed by atoms with Gasteiger partial charge in [0.05, 0.1) is 6.20 Å². The van der Waals surface area contributed by atoms with Crippen LogP contribution in [-0.2, 0) is 6.42 Å². The maximum Gasteiger partial charge on any atom is 0.248 e. The van der Waals surface area contributed by atoms with Gasteiger partial charge in [0, 0.05) is 40.5 Å². The fourth-order valence-corrected chi connectivity index (χ4v) is 3.33. The van der Waals surface area contributed by atoms with Crippen molar-refractivity contribution in [3.05, 3.63) is 84.3 Å². The molecule has 0 bridgehead atoms. The molecule has 4 rings (SSSR count). The number of nitrogens with two attached hydrogens (primary N) is 2. The monoisotopic (exact) mass is 386 g/mol. The molecule has 4 aromatic rings. The van der Waals surface area contributed by atoms with Gasteiger partial charge in [-0.05, 0) is 41.8 Å². The molecular formula is C23H22N4O2. The molecule has 0 radical (unpaired) electrons. The SMILES string of the molecule is NC(=O)c1ccc(-c2cncc(OC[C@@H](N)Cc3c[nH]c4ccccc34)c2)cc1. The normalized spacial score (nSPS) is 12.0. The minimum absolute atomic E-state index is 0.146. The zero-order valence-corrected chi connectivity index (χ0v) is 15.8. The molecule has 0 saturated carbocycles. The molecule has 0 unspecified atom stereocenters. The van der Waals surface area contributed by atoms with E-state index < -0.39 is 5.91 Å². The number of fused-ring (bicyclic) bond motifs is 1. The number of ether oxygens (including phenoxy) is 1. The molecule has 0 spiro atoms. The maximum absolute atomic E-state index is 11.2. The number of rotatable bonds is 7. The predicted octanol–water partition coefficient (Wildman–Crippen LogP) is 3.28. The van der Waals surface area contributed by atoms with Gasteiger partial charge in [-0.15, -0.1) is 0 Å². The second kappa shape index (κ2) is 8.16. The fraction of sp³-hybridized carbons (Fsp3) is 0.130. The van der Waals surface area contributed by atoms with Crippen molar-refractivity contribution in [2.45, 2.75) is 12.5 Å². The van der Waals surface area contributed by atoms with E-state index in [0.717, 1.165) is 16.6 Å². The van der Waals surface area contributed by atoms with Gasteiger partial charge >= 0.3 is 0 Å². The molecule has 6 heteroatoms. The molecular weight excluding hydrogens is 364 g/mol. The third kappa shape index (κ3) is 4.28. The van der Waals surface area contributed by atoms with E-state index in [4.69, 9.17) is 16.2 Å². The summed E-state index contributed by atoms with van der Waals surface area (Å²) < 4.78 is 5.88. The zero-order chi connectivity index (χ0) is 20.2. The molecule has 1 amide bonds. The lowest BCUT2D eigenvalue weighted by atomic mass is 10.1. The Bertz CT molecular complexity index is 1140. The molecule has 29 heavy (non-hydrogen) atoms. The van der Waals surface area contributed by atoms with Crippen LogP contribution in [0, 0.1) is 0 Å². The third-order valence-electron chi connectivity index (χ3n) is 4.84. The first-order chi connectivity index (χ1) is 14.1. The number of pyridine rings is 1. The molecule has 146 valence electrons. The van der Waals surface area contributed by atoms with Crippen LogP contribution in [0.1, 0.15) is 15.9 Å². The highest BCUT2D eigenvalue weighted by molar-refractivity contribution is 5.93. The van der Waals surface area contributed by atoms with Crippen LogP contribution in [0.2, 0.25) is 0 Å². The molecule has 2 heterocycles. The number of para-hydroxylation sites is 1. The second-order valence-corrected chi connectivity index (χ2v) is 6.99. The number of H-pyrrole nitrogens is 1. The number of carbonyl (C=O) groups excluding carboxylic acids is 1. The maximum atomic E-state index is 11.2. The summed E-state index contributed by atoms with van der Waals surface area (Å²) in [7, 11) is 0. The van der Waals surface area contributed by atoms with E-state index in [-0.39, 0.29) is 6.04 Å². The van der Waals surface area contributed by atoms with Gasteiger partial charge in [-0.2, -0.15) is 0 Å². The van der Waals surface area contributed by atoms with Crippen LogP contribution >= 0.6 is 0 Å². The molecule has 0 aliphatic heterocycles. The fourth-order valence-electron chi connectivity index (χ4n) is 3.33. The Morgan fingerprint density at radius 3 is 2.66 bits per heavy atom. The van der Waals surface area contributed by atoms with Gasteiger partial charge in [-0.1, -0.05) is 30.3 Å². The summed E-state index contributed by atoms with van der Waals surface area (Å²) in [5.74, 6) is 0.201. The van der Waals surface area contributed by atoms with E-state index in [2.05, 4.69) is 16.0 Å². The largest absolute Gasteiger partial charge is 0.490 e. The first-order valence-corrected chi connectivity index (χ1v) is 9.39. The van der Waals surface area contributed by atoms with Crippen molar-refractivity contribution in [3.63, 3.8) is 0 Å². The molecule has 6 nitrogen and oxygen atoms in total. The van der Waals surface area contributed by atoms with Crippen molar-refractivity contribution in [2.24, 2.45) is 11.5 Å². The summed E-state index contributed by atoms with van der Waals surface area (Å²) in [6.07, 6.45) is 6.13. The quantitative estimate of drug-likeness (QED) is 0.453. The van der Waals surface area contributed by atoms with E-state index in [1.54, 1.807) is 24.5 Å². The molecule has 0 aliphatic carbocycles. The van der Waals surface area contributed by atoms with Crippen molar-refractivity contribution in [3.8, 4) is 16.9 Å². The Hall–Kier alpha value is -3.64. The smallest absolute Gasteiger partial charge is 0.248 e. The summed E-state index contributed by atoms with van der Waals surface area (Å²) in [6.45, 7) is 0.380. The van der Waals surface area contributed by atoms with Gasteiger partial charge < -0.3 is 21.2 Å². The molecule has 5 N–H and O–H groups in total. The Morgan fingerprint density at radius 1 is 1.07 bits per heavy atom. The van der Waals surface area contributed by atoms with Crippen LogP contribution in [0.15, 0.2) is 73.2 Å². The summed E-state index contributed by atoms with van der Waals surface area (Å²) in [4.78, 5) is 18.7. The van der Waals surface area contributed by atoms with Crippen molar-refractivity contribution in [2.75, 3.05) is 6.61 Å². The van der Waals surface area contributed by atoms with E-state index in [1.807, 2.05) is 42.6 Å². The van der Waals surface area contributed by atoms with Crippen LogP contribution in [0.25, 0.3) is 22.0 Å². The van der Waals surface area contributed by atoms with Gasteiger partial charge in [-0.25, -0.2) is 0 Å². The minimum atomic E-state index is -0.448. The Balaban J connectivity index is 1.40. The number of amides is 1. The Labute approximate surface area is 168 Å². The van der Waals surface area contributed by atoms with Crippen LogP contribution in [0.5, 0.6) is 5.75 Å². The number of aromatic nitrogens is 2. The number of benzene rings is 2. The predicted molar refractivity (Wildman–Crippen MR) is 114 cm³/mol. The van der Waals surface area contributed by atoms with Crippen LogP contribution in [0.3, 0.4) is 0 Å². The number of primary amides is 1. The van der Waals surface area contributed by atoms with Gasteiger partial charge in [0.2, 0.25) is 5.91 Å². The number of hydrogen-bond acceptors (Lipinski definition) is 4. The van der Waals surface area contributed by atoms with Crippen molar-refractivity contribution >= 4 is 16.8 Å². The number of nitrogens with one attached hydrogen (secondary N) is 1. The average molecular weight is 386 g/mol. The Kier molecular flexibility index (Phi) is 5.27. The van der Waals surface area contributed by atoms with E-state index in [1.165, 1.54) is 10.9 Å². The average Bonchev–Trinajstić information content (AvgIpc) is 3.15. The molecule has 0 fully saturated rings. The highest BCUT2D eigenvalue weighted by atomic mass is 16.5. The topological polar surface area (TPSA) is 107 Å². The number of hydrogen-bond donors (Lipinski definition) is 3. The van der Waals surface area contributed by atoms with Crippen LogP contribution in [-0.4, -0.2) is 28.5 Å². The molecule has 2 aromatic heterocycles. The summed E-state index contributed by atoms with van der Waals surface area (Å²) in [6, 6.07) is 17.0. The summed E-state index contributed by atoms with van der Waals surface area (Å²) in [5.41, 5.74) is 16.2. The number of aromatic amines is 1. The molecule has 0 saturated heterocycles. The highest BCUT2D eigenvalue weighted by Gasteiger charge is 2.10. The minimum Gasteiger partial charge on any atom is -0.490 e. The summed E-state index contributed by atoms with van der Waals surface area (Å²) in [5, 5.41) is 1.19. The standard InChI is InChI=1S/C23H22N4O2/c24-19(9-18-12-27-22-4-2-1-3-21(18)22)14-29-20-10-17(11-26-13-20)15-5-7-16(8-6-15)23(25)28/h1-8,10-13,19,27H,9,14,24H2,(H2,25,28)/t19-/m0/s1. The molecule has 0 aliphatic rings. The van der Waals surface area contributed by atoms with Crippen LogP contribution < -0.4 is 16.2 Å². The van der Waals surface area contributed by atoms with Gasteiger partial charge in [0.15, 0.2) is 0 Å². The second-order valence-electron chi connectivity index (χ2n) is 6.99. The number of nitrogens with zero attached hydrogens (tertiary/aromatic N) is 1. The Morgan fingerprint density at radius 2 is 1.86 bits per heavy atom. The number of carbonyl (C=O) groups is 1. The first-order valence-electron chi connectivity index (χ1n) is 9.39. The van der Waals surface area contributed by atoms with Crippen LogP contribution in [0.4, 0.5) is 0 Å². The van der Waals surface area contributed by atoms with Gasteiger partial charge in [0.25, 0.3) is 0 Å². The van der Waals surface area contributed by atoms with Gasteiger partial charge in [-0.3, -0.25) is 9.78 Å². The highest BCUT2D eigenvalue weighted by Crippen LogP contribution is 2.23. The molecule has 1 atom stereocenters. The lowest BCUT2D eigenvalue weighted by Crippen LogP contribution is -2.30. The van der Waals surface area contributed by atoms with Crippen molar-refractivity contribution < 1.29 is 9.53 Å². The van der Waals surface area contributed by atoms with Crippen molar-refractivity contribution in [1.29, 1.82) is 0 Å². The lowest BCUT2D eigenvalue weighted by Gasteiger charge is -2.13. The van der Waals surface area contributed by atoms with E-state index in [9.17, 15) is 4.79 Å².